The molecule has 214 valence electrons. The summed E-state index contributed by atoms with van der Waals surface area (Å²) in [7, 11) is 0. The Morgan fingerprint density at radius 3 is 2.37 bits per heavy atom. The Kier molecular flexibility index (Phi) is 11.3. The van der Waals surface area contributed by atoms with Crippen molar-refractivity contribution < 1.29 is 49.0 Å². The zero-order chi connectivity index (χ0) is 29.1. The fraction of sp³-hybridized carbons (Fsp3) is 0.500. The number of nitrogens with one attached hydrogen (secondary N) is 1. The van der Waals surface area contributed by atoms with Crippen molar-refractivity contribution in [2.75, 3.05) is 6.54 Å². The van der Waals surface area contributed by atoms with Gasteiger partial charge < -0.3 is 20.1 Å². The summed E-state index contributed by atoms with van der Waals surface area (Å²) in [5.41, 5.74) is 2.13. The van der Waals surface area contributed by atoms with Gasteiger partial charge in [-0.05, 0) is 73.3 Å². The third-order valence-corrected chi connectivity index (χ3v) is 8.58. The van der Waals surface area contributed by atoms with Crippen molar-refractivity contribution in [2.24, 2.45) is 16.3 Å². The van der Waals surface area contributed by atoms with E-state index in [4.69, 9.17) is 16.6 Å². The van der Waals surface area contributed by atoms with Gasteiger partial charge in [0.15, 0.2) is 0 Å². The number of rotatable bonds is 9. The van der Waals surface area contributed by atoms with Crippen LogP contribution in [0.4, 0.5) is 0 Å². The van der Waals surface area contributed by atoms with Crippen LogP contribution in [-0.2, 0) is 9.59 Å². The number of halogens is 1. The molecule has 2 aromatic rings. The topological polar surface area (TPSA) is 102 Å². The van der Waals surface area contributed by atoms with E-state index in [1.807, 2.05) is 29.2 Å². The van der Waals surface area contributed by atoms with Crippen molar-refractivity contribution in [1.82, 2.24) is 10.2 Å². The van der Waals surface area contributed by atoms with Crippen LogP contribution in [-0.4, -0.2) is 40.6 Å². The van der Waals surface area contributed by atoms with Crippen LogP contribution < -0.4 is 40.0 Å². The van der Waals surface area contributed by atoms with Crippen molar-refractivity contribution in [3.63, 3.8) is 0 Å². The van der Waals surface area contributed by atoms with Crippen LogP contribution in [0.25, 0.3) is 0 Å². The number of aliphatic carboxylic acids is 1. The molecule has 0 bridgehead atoms. The maximum absolute atomic E-state index is 14.2. The third kappa shape index (κ3) is 7.61. The smallest absolute Gasteiger partial charge is 0.550 e. The normalized spacial score (nSPS) is 21.3. The first kappa shape index (κ1) is 33.3. The molecule has 1 aliphatic carbocycles. The Morgan fingerprint density at radius 1 is 1.15 bits per heavy atom. The van der Waals surface area contributed by atoms with Gasteiger partial charge in [0, 0.05) is 35.1 Å². The first-order valence-corrected chi connectivity index (χ1v) is 14.6. The molecule has 1 fully saturated rings. The van der Waals surface area contributed by atoms with Gasteiger partial charge in [-0.15, -0.1) is 0 Å². The maximum atomic E-state index is 14.2. The van der Waals surface area contributed by atoms with Crippen molar-refractivity contribution in [1.29, 1.82) is 0 Å². The number of hydrogen-bond donors (Lipinski definition) is 1. The standard InChI is InChI=1S/C32H40ClN3O4.Na/c1-5-7-26(21-10-12-22(13-11-21)29(39)34-19-16-27(37)38)36-30(40)28(23-8-6-9-25(33)20-23)35-32(36)17-14-24(15-18-32)31(2,3)4;/h6,8-13,20,24,26H,5,7,14-19H2,1-4H3,(H,34,39)(H,37,38);/q;+1/p-1/t24?,26-,32?;/m1./s1. The van der Waals surface area contributed by atoms with Crippen molar-refractivity contribution in [3.8, 4) is 0 Å². The number of carboxylic acid groups (broad SMARTS) is 1. The van der Waals surface area contributed by atoms with E-state index in [0.717, 1.165) is 49.7 Å². The van der Waals surface area contributed by atoms with Crippen LogP contribution in [0.3, 0.4) is 0 Å². The minimum atomic E-state index is -1.21. The molecule has 0 saturated heterocycles. The summed E-state index contributed by atoms with van der Waals surface area (Å²) in [5, 5.41) is 13.8. The Hall–Kier alpha value is -2.19. The van der Waals surface area contributed by atoms with Crippen molar-refractivity contribution in [3.05, 3.63) is 70.2 Å². The van der Waals surface area contributed by atoms with Crippen molar-refractivity contribution >= 4 is 35.1 Å². The first-order valence-electron chi connectivity index (χ1n) is 14.2. The van der Waals surface area contributed by atoms with Crippen LogP contribution in [0.5, 0.6) is 0 Å². The molecular formula is C32H39ClN3NaO4. The van der Waals surface area contributed by atoms with Crippen LogP contribution in [0.2, 0.25) is 5.02 Å². The SMILES string of the molecule is CCC[C@H](c1ccc(C(=O)NCCC(=O)[O-])cc1)N1C(=O)C(c2cccc(Cl)c2)=NC12CCC(C(C)(C)C)CC2.[Na+]. The zero-order valence-electron chi connectivity index (χ0n) is 24.8. The van der Waals surface area contributed by atoms with E-state index in [-0.39, 0.29) is 65.8 Å². The molecular weight excluding hydrogens is 549 g/mol. The molecule has 0 aromatic heterocycles. The van der Waals surface area contributed by atoms with Crippen LogP contribution >= 0.6 is 11.6 Å². The predicted octanol–water partition coefficient (Wildman–Crippen LogP) is 2.32. The number of benzene rings is 2. The number of nitrogens with zero attached hydrogens (tertiary/aromatic N) is 2. The minimum absolute atomic E-state index is 0. The van der Waals surface area contributed by atoms with E-state index in [9.17, 15) is 19.5 Å². The monoisotopic (exact) mass is 587 g/mol. The Labute approximate surface area is 270 Å². The number of hydrogen-bond acceptors (Lipinski definition) is 5. The van der Waals surface area contributed by atoms with Crippen LogP contribution in [0, 0.1) is 11.3 Å². The fourth-order valence-electron chi connectivity index (χ4n) is 6.12. The number of aliphatic imine (C=N–C) groups is 1. The molecule has 41 heavy (non-hydrogen) atoms. The predicted molar refractivity (Wildman–Crippen MR) is 155 cm³/mol. The van der Waals surface area contributed by atoms with E-state index in [1.165, 1.54) is 0 Å². The van der Waals surface area contributed by atoms with Gasteiger partial charge in [-0.3, -0.25) is 14.6 Å². The minimum Gasteiger partial charge on any atom is -0.550 e. The number of carbonyl (C=O) groups excluding carboxylic acids is 3. The van der Waals surface area contributed by atoms with E-state index in [2.05, 4.69) is 33.0 Å². The molecule has 1 N–H and O–H groups in total. The van der Waals surface area contributed by atoms with E-state index in [0.29, 0.717) is 22.2 Å². The Morgan fingerprint density at radius 2 is 1.80 bits per heavy atom. The van der Waals surface area contributed by atoms with E-state index < -0.39 is 11.6 Å². The van der Waals surface area contributed by atoms with Gasteiger partial charge in [-0.25, -0.2) is 0 Å². The Balaban J connectivity index is 0.00000462. The summed E-state index contributed by atoms with van der Waals surface area (Å²) in [5.74, 6) is -1.09. The molecule has 0 radical (unpaired) electrons. The molecule has 1 heterocycles. The molecule has 2 aromatic carbocycles. The van der Waals surface area contributed by atoms with Crippen molar-refractivity contribution in [2.45, 2.75) is 84.3 Å². The number of carbonyl (C=O) groups is 3. The molecule has 1 spiro atoms. The second-order valence-corrected chi connectivity index (χ2v) is 12.5. The van der Waals surface area contributed by atoms with Crippen LogP contribution in [0.1, 0.15) is 100 Å². The second-order valence-electron chi connectivity index (χ2n) is 12.1. The molecule has 2 amide bonds. The maximum Gasteiger partial charge on any atom is 1.00 e. The average Bonchev–Trinajstić information content (AvgIpc) is 3.18. The molecule has 1 atom stereocenters. The molecule has 1 aliphatic heterocycles. The summed E-state index contributed by atoms with van der Waals surface area (Å²) in [6.07, 6.45) is 4.95. The number of amides is 2. The second kappa shape index (κ2) is 13.9. The quantitative estimate of drug-likeness (QED) is 0.455. The number of carboxylic acids is 1. The van der Waals surface area contributed by atoms with Gasteiger partial charge in [0.1, 0.15) is 11.4 Å². The summed E-state index contributed by atoms with van der Waals surface area (Å²) < 4.78 is 0. The summed E-state index contributed by atoms with van der Waals surface area (Å²) in [6.45, 7) is 8.96. The summed E-state index contributed by atoms with van der Waals surface area (Å²) in [4.78, 5) is 44.6. The van der Waals surface area contributed by atoms with Gasteiger partial charge in [0.25, 0.3) is 11.8 Å². The van der Waals surface area contributed by atoms with Gasteiger partial charge in [-0.2, -0.15) is 0 Å². The largest absolute Gasteiger partial charge is 1.00 e. The van der Waals surface area contributed by atoms with E-state index in [1.54, 1.807) is 24.3 Å². The summed E-state index contributed by atoms with van der Waals surface area (Å²) >= 11 is 6.30. The molecule has 4 rings (SSSR count). The van der Waals surface area contributed by atoms with Gasteiger partial charge in [0.05, 0.1) is 6.04 Å². The van der Waals surface area contributed by atoms with Gasteiger partial charge >= 0.3 is 29.6 Å². The fourth-order valence-corrected chi connectivity index (χ4v) is 6.31. The average molecular weight is 588 g/mol. The molecule has 0 unspecified atom stereocenters. The Bertz CT molecular complexity index is 1280. The van der Waals surface area contributed by atoms with Crippen LogP contribution in [0.15, 0.2) is 53.5 Å². The first-order chi connectivity index (χ1) is 18.9. The third-order valence-electron chi connectivity index (χ3n) is 8.34. The van der Waals surface area contributed by atoms with Gasteiger partial charge in [-0.1, -0.05) is 70.0 Å². The van der Waals surface area contributed by atoms with Gasteiger partial charge in [0.2, 0.25) is 0 Å². The molecule has 2 aliphatic rings. The molecule has 9 heteroatoms. The van der Waals surface area contributed by atoms with E-state index >= 15 is 0 Å². The molecule has 1 saturated carbocycles. The molecule has 7 nitrogen and oxygen atoms in total. The zero-order valence-corrected chi connectivity index (χ0v) is 27.6. The summed E-state index contributed by atoms with van der Waals surface area (Å²) in [6, 6.07) is 14.4.